The van der Waals surface area contributed by atoms with Crippen LogP contribution in [0.15, 0.2) is 71.8 Å². The lowest BCUT2D eigenvalue weighted by Crippen LogP contribution is -2.17. The molecule has 0 bridgehead atoms. The number of unbranched alkanes of at least 4 members (excludes halogenated alkanes) is 1. The number of carbonyl (C=O) groups is 2. The van der Waals surface area contributed by atoms with Crippen LogP contribution in [0.2, 0.25) is 0 Å². The lowest BCUT2D eigenvalue weighted by atomic mass is 10.1. The number of carbonyl (C=O) groups excluding carboxylic acids is 2. The molecule has 0 radical (unpaired) electrons. The van der Waals surface area contributed by atoms with Gasteiger partial charge in [0.1, 0.15) is 5.75 Å². The van der Waals surface area contributed by atoms with E-state index in [2.05, 4.69) is 17.5 Å². The van der Waals surface area contributed by atoms with Crippen molar-refractivity contribution in [1.29, 1.82) is 0 Å². The largest absolute Gasteiger partial charge is 0.494 e. The number of hydrazone groups is 1. The van der Waals surface area contributed by atoms with E-state index in [9.17, 15) is 9.59 Å². The van der Waals surface area contributed by atoms with Crippen LogP contribution in [0.5, 0.6) is 17.2 Å². The van der Waals surface area contributed by atoms with E-state index in [4.69, 9.17) is 14.2 Å². The van der Waals surface area contributed by atoms with Crippen molar-refractivity contribution in [3.63, 3.8) is 0 Å². The first-order valence-corrected chi connectivity index (χ1v) is 11.0. The molecule has 1 N–H and O–H groups in total. The molecule has 176 valence electrons. The van der Waals surface area contributed by atoms with Gasteiger partial charge in [0, 0.05) is 5.56 Å². The molecule has 0 saturated carbocycles. The fraction of sp³-hybridized carbons (Fsp3) is 0.222. The minimum Gasteiger partial charge on any atom is -0.494 e. The van der Waals surface area contributed by atoms with Crippen molar-refractivity contribution in [2.24, 2.45) is 5.10 Å². The Labute approximate surface area is 199 Å². The average molecular weight is 461 g/mol. The van der Waals surface area contributed by atoms with Crippen molar-refractivity contribution < 1.29 is 23.8 Å². The zero-order valence-corrected chi connectivity index (χ0v) is 19.5. The molecule has 0 aliphatic carbocycles. The number of esters is 1. The number of methoxy groups -OCH3 is 1. The SMILES string of the molecule is CCCCOc1ccc(C(=O)N/N=C\c2ccc(OC(=O)c3ccc(C)cc3)c(OC)c2)cc1. The maximum Gasteiger partial charge on any atom is 0.343 e. The minimum atomic E-state index is -0.478. The smallest absolute Gasteiger partial charge is 0.343 e. The van der Waals surface area contributed by atoms with Gasteiger partial charge in [-0.3, -0.25) is 4.79 Å². The molecule has 34 heavy (non-hydrogen) atoms. The molecule has 0 spiro atoms. The molecular formula is C27H28N2O5. The second kappa shape index (κ2) is 12.2. The van der Waals surface area contributed by atoms with Gasteiger partial charge in [0.2, 0.25) is 0 Å². The first-order valence-electron chi connectivity index (χ1n) is 11.0. The average Bonchev–Trinajstić information content (AvgIpc) is 2.85. The van der Waals surface area contributed by atoms with Crippen LogP contribution < -0.4 is 19.6 Å². The van der Waals surface area contributed by atoms with Gasteiger partial charge in [0.25, 0.3) is 5.91 Å². The Morgan fingerprint density at radius 2 is 1.65 bits per heavy atom. The van der Waals surface area contributed by atoms with Crippen LogP contribution in [0.3, 0.4) is 0 Å². The number of nitrogens with zero attached hydrogens (tertiary/aromatic N) is 1. The molecule has 0 aliphatic heterocycles. The first-order chi connectivity index (χ1) is 16.5. The van der Waals surface area contributed by atoms with E-state index >= 15 is 0 Å². The lowest BCUT2D eigenvalue weighted by molar-refractivity contribution is 0.0729. The highest BCUT2D eigenvalue weighted by molar-refractivity contribution is 5.95. The quantitative estimate of drug-likeness (QED) is 0.148. The minimum absolute atomic E-state index is 0.288. The van der Waals surface area contributed by atoms with E-state index in [1.807, 2.05) is 19.1 Å². The van der Waals surface area contributed by atoms with Crippen LogP contribution in [-0.4, -0.2) is 31.8 Å². The highest BCUT2D eigenvalue weighted by Crippen LogP contribution is 2.28. The van der Waals surface area contributed by atoms with Gasteiger partial charge in [-0.05, 0) is 73.5 Å². The summed E-state index contributed by atoms with van der Waals surface area (Å²) in [6, 6.07) is 19.0. The van der Waals surface area contributed by atoms with Gasteiger partial charge in [-0.15, -0.1) is 0 Å². The number of rotatable bonds is 10. The van der Waals surface area contributed by atoms with Gasteiger partial charge in [-0.2, -0.15) is 5.10 Å². The summed E-state index contributed by atoms with van der Waals surface area (Å²) in [4.78, 5) is 24.7. The molecule has 3 aromatic rings. The van der Waals surface area contributed by atoms with Gasteiger partial charge in [-0.1, -0.05) is 31.0 Å². The molecule has 0 heterocycles. The van der Waals surface area contributed by atoms with Crippen molar-refractivity contribution in [1.82, 2.24) is 5.43 Å². The van der Waals surface area contributed by atoms with Gasteiger partial charge in [0.05, 0.1) is 25.5 Å². The topological polar surface area (TPSA) is 86.2 Å². The fourth-order valence-electron chi connectivity index (χ4n) is 2.96. The van der Waals surface area contributed by atoms with Crippen LogP contribution in [0.4, 0.5) is 0 Å². The van der Waals surface area contributed by atoms with Crippen LogP contribution in [0, 0.1) is 6.92 Å². The molecule has 7 heteroatoms. The first kappa shape index (κ1) is 24.5. The molecule has 0 aromatic heterocycles. The molecule has 0 unspecified atom stereocenters. The Kier molecular flexibility index (Phi) is 8.80. The number of ether oxygens (including phenoxy) is 3. The molecule has 7 nitrogen and oxygen atoms in total. The van der Waals surface area contributed by atoms with Gasteiger partial charge in [0.15, 0.2) is 11.5 Å². The summed E-state index contributed by atoms with van der Waals surface area (Å²) in [5.41, 5.74) is 5.12. The molecule has 3 rings (SSSR count). The van der Waals surface area contributed by atoms with Crippen LogP contribution in [0.1, 0.15) is 51.6 Å². The Hall–Kier alpha value is -4.13. The van der Waals surface area contributed by atoms with Gasteiger partial charge >= 0.3 is 5.97 Å². The zero-order chi connectivity index (χ0) is 24.3. The molecule has 0 aliphatic rings. The third-order valence-corrected chi connectivity index (χ3v) is 4.94. The van der Waals surface area contributed by atoms with Crippen molar-refractivity contribution in [3.05, 3.63) is 89.0 Å². The number of hydrogen-bond donors (Lipinski definition) is 1. The lowest BCUT2D eigenvalue weighted by Gasteiger charge is -2.10. The summed E-state index contributed by atoms with van der Waals surface area (Å²) in [5, 5.41) is 4.00. The monoisotopic (exact) mass is 460 g/mol. The normalized spacial score (nSPS) is 10.7. The van der Waals surface area contributed by atoms with E-state index in [-0.39, 0.29) is 11.7 Å². The fourth-order valence-corrected chi connectivity index (χ4v) is 2.96. The summed E-state index contributed by atoms with van der Waals surface area (Å²) in [6.45, 7) is 4.70. The van der Waals surface area contributed by atoms with Crippen molar-refractivity contribution in [2.45, 2.75) is 26.7 Å². The third kappa shape index (κ3) is 6.93. The number of benzene rings is 3. The predicted octanol–water partition coefficient (Wildman–Crippen LogP) is 5.17. The molecule has 0 atom stereocenters. The summed E-state index contributed by atoms with van der Waals surface area (Å²) in [6.07, 6.45) is 3.53. The van der Waals surface area contributed by atoms with Crippen molar-refractivity contribution >= 4 is 18.1 Å². The van der Waals surface area contributed by atoms with Crippen LogP contribution in [-0.2, 0) is 0 Å². The second-order valence-electron chi connectivity index (χ2n) is 7.59. The Morgan fingerprint density at radius 3 is 2.32 bits per heavy atom. The highest BCUT2D eigenvalue weighted by Gasteiger charge is 2.13. The summed E-state index contributed by atoms with van der Waals surface area (Å²) in [7, 11) is 1.48. The number of nitrogens with one attached hydrogen (secondary N) is 1. The molecule has 1 amide bonds. The van der Waals surface area contributed by atoms with Crippen LogP contribution >= 0.6 is 0 Å². The maximum atomic E-state index is 12.4. The van der Waals surface area contributed by atoms with Crippen molar-refractivity contribution in [2.75, 3.05) is 13.7 Å². The van der Waals surface area contributed by atoms with Crippen LogP contribution in [0.25, 0.3) is 0 Å². The Bertz CT molecular complexity index is 1140. The summed E-state index contributed by atoms with van der Waals surface area (Å²) >= 11 is 0. The van der Waals surface area contributed by atoms with E-state index in [1.54, 1.807) is 54.6 Å². The van der Waals surface area contributed by atoms with Gasteiger partial charge < -0.3 is 14.2 Å². The number of amides is 1. The predicted molar refractivity (Wildman–Crippen MR) is 131 cm³/mol. The molecular weight excluding hydrogens is 432 g/mol. The van der Waals surface area contributed by atoms with E-state index in [0.717, 1.165) is 24.2 Å². The van der Waals surface area contributed by atoms with E-state index in [1.165, 1.54) is 13.3 Å². The molecule has 3 aromatic carbocycles. The molecule has 0 fully saturated rings. The van der Waals surface area contributed by atoms with Gasteiger partial charge in [-0.25, -0.2) is 10.2 Å². The number of aryl methyl sites for hydroxylation is 1. The standard InChI is InChI=1S/C27H28N2O5/c1-4-5-16-33-23-13-11-21(12-14-23)26(30)29-28-18-20-8-15-24(25(17-20)32-3)34-27(31)22-9-6-19(2)7-10-22/h6-15,17-18H,4-5,16H2,1-3H3,(H,29,30)/b28-18-. The Morgan fingerprint density at radius 1 is 0.941 bits per heavy atom. The maximum absolute atomic E-state index is 12.4. The van der Waals surface area contributed by atoms with Crippen molar-refractivity contribution in [3.8, 4) is 17.2 Å². The van der Waals surface area contributed by atoms with E-state index < -0.39 is 5.97 Å². The second-order valence-corrected chi connectivity index (χ2v) is 7.59. The third-order valence-electron chi connectivity index (χ3n) is 4.94. The number of hydrogen-bond acceptors (Lipinski definition) is 6. The molecule has 0 saturated heterocycles. The highest BCUT2D eigenvalue weighted by atomic mass is 16.6. The summed E-state index contributed by atoms with van der Waals surface area (Å²) in [5.74, 6) is 0.564. The summed E-state index contributed by atoms with van der Waals surface area (Å²) < 4.78 is 16.4. The van der Waals surface area contributed by atoms with E-state index in [0.29, 0.717) is 29.0 Å². The Balaban J connectivity index is 1.58. The zero-order valence-electron chi connectivity index (χ0n) is 19.5.